The fourth-order valence-corrected chi connectivity index (χ4v) is 1.10. The minimum Gasteiger partial charge on any atom is -0.376 e. The lowest BCUT2D eigenvalue weighted by atomic mass is 10.2. The third kappa shape index (κ3) is 5.72. The molecule has 0 spiro atoms. The smallest absolute Gasteiger partial charge is 0.0717 e. The van der Waals surface area contributed by atoms with Crippen LogP contribution in [0.1, 0.15) is 18.9 Å². The molecule has 0 bridgehead atoms. The van der Waals surface area contributed by atoms with E-state index < -0.39 is 0 Å². The topological polar surface area (TPSA) is 9.23 Å². The van der Waals surface area contributed by atoms with Crippen molar-refractivity contribution in [2.45, 2.75) is 20.0 Å². The highest BCUT2D eigenvalue weighted by molar-refractivity contribution is 5.22. The van der Waals surface area contributed by atoms with Gasteiger partial charge in [0.05, 0.1) is 13.2 Å². The molecule has 0 aromatic heterocycles. The molecular formula is C14H16O. The molecule has 0 amide bonds. The van der Waals surface area contributed by atoms with E-state index >= 15 is 0 Å². The summed E-state index contributed by atoms with van der Waals surface area (Å²) in [6.45, 7) is 6.94. The molecule has 1 heteroatoms. The first kappa shape index (κ1) is 11.6. The van der Waals surface area contributed by atoms with Crippen molar-refractivity contribution in [2.75, 3.05) is 6.61 Å². The third-order valence-electron chi connectivity index (χ3n) is 1.78. The van der Waals surface area contributed by atoms with Crippen LogP contribution in [0, 0.1) is 11.8 Å². The summed E-state index contributed by atoms with van der Waals surface area (Å²) < 4.78 is 5.47. The van der Waals surface area contributed by atoms with Gasteiger partial charge in [0, 0.05) is 6.42 Å². The second-order valence-corrected chi connectivity index (χ2v) is 3.37. The van der Waals surface area contributed by atoms with Crippen molar-refractivity contribution >= 4 is 0 Å². The van der Waals surface area contributed by atoms with Gasteiger partial charge in [-0.05, 0) is 18.1 Å². The Balaban J connectivity index is 2.13. The van der Waals surface area contributed by atoms with Crippen LogP contribution in [-0.2, 0) is 11.3 Å². The van der Waals surface area contributed by atoms with Gasteiger partial charge in [-0.3, -0.25) is 0 Å². The average molecular weight is 200 g/mol. The van der Waals surface area contributed by atoms with Crippen molar-refractivity contribution in [1.29, 1.82) is 0 Å². The zero-order valence-corrected chi connectivity index (χ0v) is 9.12. The molecule has 0 saturated carbocycles. The molecule has 1 nitrogen and oxygen atoms in total. The van der Waals surface area contributed by atoms with Crippen LogP contribution in [0.15, 0.2) is 42.5 Å². The first-order valence-corrected chi connectivity index (χ1v) is 5.05. The lowest BCUT2D eigenvalue weighted by Crippen LogP contribution is -1.93. The number of benzene rings is 1. The summed E-state index contributed by atoms with van der Waals surface area (Å²) in [6.07, 6.45) is 0.764. The van der Waals surface area contributed by atoms with Crippen LogP contribution in [-0.4, -0.2) is 6.61 Å². The summed E-state index contributed by atoms with van der Waals surface area (Å²) in [5.74, 6) is 5.92. The first-order valence-electron chi connectivity index (χ1n) is 5.05. The van der Waals surface area contributed by atoms with E-state index in [1.807, 2.05) is 25.1 Å². The van der Waals surface area contributed by atoms with Gasteiger partial charge in [0.2, 0.25) is 0 Å². The highest BCUT2D eigenvalue weighted by Gasteiger charge is 1.89. The van der Waals surface area contributed by atoms with Gasteiger partial charge in [-0.25, -0.2) is 0 Å². The average Bonchev–Trinajstić information content (AvgIpc) is 2.24. The number of ether oxygens (including phenoxy) is 1. The zero-order valence-electron chi connectivity index (χ0n) is 9.12. The maximum atomic E-state index is 5.47. The van der Waals surface area contributed by atoms with Gasteiger partial charge in [0.25, 0.3) is 0 Å². The van der Waals surface area contributed by atoms with E-state index in [1.165, 1.54) is 5.56 Å². The van der Waals surface area contributed by atoms with Crippen LogP contribution in [0.5, 0.6) is 0 Å². The Hall–Kier alpha value is -1.52. The number of rotatable bonds is 4. The van der Waals surface area contributed by atoms with E-state index in [-0.39, 0.29) is 0 Å². The number of allylic oxidation sites excluding steroid dienone is 1. The van der Waals surface area contributed by atoms with E-state index in [0.717, 1.165) is 12.0 Å². The fraction of sp³-hybridized carbons (Fsp3) is 0.286. The lowest BCUT2D eigenvalue weighted by molar-refractivity contribution is 0.126. The van der Waals surface area contributed by atoms with Gasteiger partial charge in [-0.2, -0.15) is 0 Å². The Kier molecular flexibility index (Phi) is 5.29. The molecule has 0 aliphatic rings. The molecule has 1 rings (SSSR count). The SMILES string of the molecule is C=C(C)C#CCCOCc1ccccc1. The van der Waals surface area contributed by atoms with Gasteiger partial charge in [-0.1, -0.05) is 48.8 Å². The predicted octanol–water partition coefficient (Wildman–Crippen LogP) is 3.17. The summed E-state index contributed by atoms with van der Waals surface area (Å²) in [5, 5.41) is 0. The Morgan fingerprint density at radius 1 is 1.33 bits per heavy atom. The summed E-state index contributed by atoms with van der Waals surface area (Å²) in [4.78, 5) is 0. The van der Waals surface area contributed by atoms with Crippen LogP contribution in [0.3, 0.4) is 0 Å². The van der Waals surface area contributed by atoms with Gasteiger partial charge >= 0.3 is 0 Å². The van der Waals surface area contributed by atoms with Gasteiger partial charge in [0.1, 0.15) is 0 Å². The second-order valence-electron chi connectivity index (χ2n) is 3.37. The molecule has 0 aliphatic heterocycles. The maximum Gasteiger partial charge on any atom is 0.0717 e. The first-order chi connectivity index (χ1) is 7.29. The zero-order chi connectivity index (χ0) is 10.9. The van der Waals surface area contributed by atoms with Crippen molar-refractivity contribution in [3.8, 4) is 11.8 Å². The monoisotopic (exact) mass is 200 g/mol. The van der Waals surface area contributed by atoms with E-state index in [9.17, 15) is 0 Å². The predicted molar refractivity (Wildman–Crippen MR) is 63.3 cm³/mol. The van der Waals surface area contributed by atoms with Crippen LogP contribution >= 0.6 is 0 Å². The molecule has 0 saturated heterocycles. The second kappa shape index (κ2) is 6.86. The molecule has 0 aliphatic carbocycles. The molecular weight excluding hydrogens is 184 g/mol. The van der Waals surface area contributed by atoms with E-state index in [4.69, 9.17) is 4.74 Å². The van der Waals surface area contributed by atoms with E-state index in [2.05, 4.69) is 30.6 Å². The quantitative estimate of drug-likeness (QED) is 0.536. The minimum atomic E-state index is 0.662. The van der Waals surface area contributed by atoms with Crippen LogP contribution < -0.4 is 0 Å². The molecule has 1 aromatic rings. The van der Waals surface area contributed by atoms with Crippen molar-refractivity contribution in [2.24, 2.45) is 0 Å². The summed E-state index contributed by atoms with van der Waals surface area (Å²) in [5.41, 5.74) is 2.10. The highest BCUT2D eigenvalue weighted by atomic mass is 16.5. The summed E-state index contributed by atoms with van der Waals surface area (Å²) >= 11 is 0. The number of hydrogen-bond donors (Lipinski definition) is 0. The molecule has 0 atom stereocenters. The Bertz CT molecular complexity index is 354. The highest BCUT2D eigenvalue weighted by Crippen LogP contribution is 2.00. The molecule has 0 unspecified atom stereocenters. The minimum absolute atomic E-state index is 0.662. The van der Waals surface area contributed by atoms with Crippen LogP contribution in [0.25, 0.3) is 0 Å². The molecule has 0 heterocycles. The van der Waals surface area contributed by atoms with Crippen LogP contribution in [0.2, 0.25) is 0 Å². The standard InChI is InChI=1S/C14H16O/c1-13(2)8-6-7-11-15-12-14-9-4-3-5-10-14/h3-5,9-10H,1,7,11-12H2,2H3. The van der Waals surface area contributed by atoms with Crippen molar-refractivity contribution in [3.63, 3.8) is 0 Å². The van der Waals surface area contributed by atoms with Gasteiger partial charge < -0.3 is 4.74 Å². The number of hydrogen-bond acceptors (Lipinski definition) is 1. The van der Waals surface area contributed by atoms with Crippen molar-refractivity contribution in [3.05, 3.63) is 48.0 Å². The Labute approximate surface area is 91.8 Å². The normalized spacial score (nSPS) is 9.13. The maximum absolute atomic E-state index is 5.47. The van der Waals surface area contributed by atoms with Crippen molar-refractivity contribution < 1.29 is 4.74 Å². The van der Waals surface area contributed by atoms with Gasteiger partial charge in [-0.15, -0.1) is 0 Å². The Morgan fingerprint density at radius 2 is 2.07 bits per heavy atom. The Morgan fingerprint density at radius 3 is 2.73 bits per heavy atom. The fourth-order valence-electron chi connectivity index (χ4n) is 1.10. The molecule has 0 fully saturated rings. The molecule has 0 N–H and O–H groups in total. The van der Waals surface area contributed by atoms with Gasteiger partial charge in [0.15, 0.2) is 0 Å². The lowest BCUT2D eigenvalue weighted by Gasteiger charge is -2.00. The summed E-state index contributed by atoms with van der Waals surface area (Å²) in [6, 6.07) is 10.1. The van der Waals surface area contributed by atoms with Crippen molar-refractivity contribution in [1.82, 2.24) is 0 Å². The van der Waals surface area contributed by atoms with E-state index in [1.54, 1.807) is 0 Å². The largest absolute Gasteiger partial charge is 0.376 e. The summed E-state index contributed by atoms with van der Waals surface area (Å²) in [7, 11) is 0. The van der Waals surface area contributed by atoms with E-state index in [0.29, 0.717) is 13.2 Å². The molecule has 78 valence electrons. The molecule has 1 aromatic carbocycles. The third-order valence-corrected chi connectivity index (χ3v) is 1.78. The molecule has 15 heavy (non-hydrogen) atoms. The molecule has 0 radical (unpaired) electrons. The van der Waals surface area contributed by atoms with Crippen LogP contribution in [0.4, 0.5) is 0 Å².